The van der Waals surface area contributed by atoms with E-state index in [1.165, 1.54) is 7.11 Å². The highest BCUT2D eigenvalue weighted by Crippen LogP contribution is 2.24. The first-order valence-corrected chi connectivity index (χ1v) is 7.35. The molecule has 0 radical (unpaired) electrons. The standard InChI is InChI=1S/C18H17NO4/c1-22-17(12-7-3-2-4-8-12)18(21)19-14-11-23-15-10-6-5-9-13(15)16(14)20/h2-10,14,17H,11H2,1H3,(H,19,21)/t14-,17-/m1/s1. The van der Waals surface area contributed by atoms with E-state index in [4.69, 9.17) is 9.47 Å². The van der Waals surface area contributed by atoms with Crippen LogP contribution in [0.3, 0.4) is 0 Å². The van der Waals surface area contributed by atoms with Crippen molar-refractivity contribution < 1.29 is 19.1 Å². The van der Waals surface area contributed by atoms with Crippen molar-refractivity contribution in [3.05, 3.63) is 65.7 Å². The number of carbonyl (C=O) groups is 2. The molecule has 5 heteroatoms. The maximum Gasteiger partial charge on any atom is 0.254 e. The van der Waals surface area contributed by atoms with Crippen LogP contribution < -0.4 is 10.1 Å². The van der Waals surface area contributed by atoms with Crippen molar-refractivity contribution in [1.82, 2.24) is 5.32 Å². The van der Waals surface area contributed by atoms with Gasteiger partial charge in [-0.2, -0.15) is 0 Å². The predicted octanol–water partition coefficient (Wildman–Crippen LogP) is 2.13. The van der Waals surface area contributed by atoms with E-state index in [2.05, 4.69) is 5.32 Å². The van der Waals surface area contributed by atoms with Gasteiger partial charge in [0.05, 0.1) is 5.56 Å². The SMILES string of the molecule is CO[C@@H](C(=O)N[C@@H]1COc2ccccc2C1=O)c1ccccc1. The fraction of sp³-hybridized carbons (Fsp3) is 0.222. The highest BCUT2D eigenvalue weighted by Gasteiger charge is 2.32. The zero-order valence-electron chi connectivity index (χ0n) is 12.7. The lowest BCUT2D eigenvalue weighted by molar-refractivity contribution is -0.132. The molecule has 1 aliphatic heterocycles. The molecule has 1 aliphatic rings. The average molecular weight is 311 g/mol. The number of methoxy groups -OCH3 is 1. The fourth-order valence-corrected chi connectivity index (χ4v) is 2.61. The van der Waals surface area contributed by atoms with Crippen LogP contribution in [0.25, 0.3) is 0 Å². The van der Waals surface area contributed by atoms with Gasteiger partial charge in [-0.15, -0.1) is 0 Å². The summed E-state index contributed by atoms with van der Waals surface area (Å²) in [6.45, 7) is 0.118. The van der Waals surface area contributed by atoms with E-state index in [0.717, 1.165) is 5.56 Å². The Balaban J connectivity index is 1.74. The number of nitrogens with one attached hydrogen (secondary N) is 1. The minimum absolute atomic E-state index is 0.118. The molecule has 0 saturated heterocycles. The molecule has 2 aromatic rings. The summed E-state index contributed by atoms with van der Waals surface area (Å²) in [5, 5.41) is 2.72. The Bertz CT molecular complexity index is 714. The van der Waals surface area contributed by atoms with Crippen molar-refractivity contribution in [2.24, 2.45) is 0 Å². The minimum atomic E-state index is -0.763. The number of amides is 1. The summed E-state index contributed by atoms with van der Waals surface area (Å²) in [4.78, 5) is 24.9. The molecule has 5 nitrogen and oxygen atoms in total. The molecular weight excluding hydrogens is 294 g/mol. The maximum atomic E-state index is 12.5. The van der Waals surface area contributed by atoms with Crippen LogP contribution in [0.2, 0.25) is 0 Å². The second-order valence-electron chi connectivity index (χ2n) is 5.26. The van der Waals surface area contributed by atoms with E-state index in [-0.39, 0.29) is 18.3 Å². The highest BCUT2D eigenvalue weighted by atomic mass is 16.5. The van der Waals surface area contributed by atoms with Gasteiger partial charge in [-0.05, 0) is 17.7 Å². The fourth-order valence-electron chi connectivity index (χ4n) is 2.61. The van der Waals surface area contributed by atoms with E-state index in [1.807, 2.05) is 30.3 Å². The van der Waals surface area contributed by atoms with Crippen LogP contribution in [-0.2, 0) is 9.53 Å². The Morgan fingerprint density at radius 1 is 1.17 bits per heavy atom. The first-order valence-electron chi connectivity index (χ1n) is 7.35. The van der Waals surface area contributed by atoms with E-state index in [0.29, 0.717) is 11.3 Å². The number of hydrogen-bond acceptors (Lipinski definition) is 4. The Morgan fingerprint density at radius 2 is 1.87 bits per heavy atom. The summed E-state index contributed by atoms with van der Waals surface area (Å²) in [6, 6.07) is 15.5. The van der Waals surface area contributed by atoms with Gasteiger partial charge in [0, 0.05) is 7.11 Å². The normalized spacial score (nSPS) is 17.8. The molecule has 2 aromatic carbocycles. The van der Waals surface area contributed by atoms with Crippen molar-refractivity contribution in [2.75, 3.05) is 13.7 Å². The van der Waals surface area contributed by atoms with Gasteiger partial charge in [-0.1, -0.05) is 42.5 Å². The lowest BCUT2D eigenvalue weighted by Gasteiger charge is -2.26. The Hall–Kier alpha value is -2.66. The van der Waals surface area contributed by atoms with Crippen LogP contribution in [0.5, 0.6) is 5.75 Å². The second kappa shape index (κ2) is 6.62. The largest absolute Gasteiger partial charge is 0.490 e. The van der Waals surface area contributed by atoms with Gasteiger partial charge in [-0.3, -0.25) is 9.59 Å². The molecule has 0 saturated carbocycles. The molecule has 3 rings (SSSR count). The molecule has 23 heavy (non-hydrogen) atoms. The van der Waals surface area contributed by atoms with Crippen LogP contribution >= 0.6 is 0 Å². The van der Waals surface area contributed by atoms with Crippen LogP contribution in [0, 0.1) is 0 Å². The van der Waals surface area contributed by atoms with Crippen molar-refractivity contribution in [3.8, 4) is 5.75 Å². The Morgan fingerprint density at radius 3 is 2.61 bits per heavy atom. The minimum Gasteiger partial charge on any atom is -0.490 e. The zero-order chi connectivity index (χ0) is 16.2. The maximum absolute atomic E-state index is 12.5. The van der Waals surface area contributed by atoms with Crippen molar-refractivity contribution in [3.63, 3.8) is 0 Å². The average Bonchev–Trinajstić information content (AvgIpc) is 2.59. The highest BCUT2D eigenvalue weighted by molar-refractivity contribution is 6.05. The van der Waals surface area contributed by atoms with Crippen molar-refractivity contribution in [2.45, 2.75) is 12.1 Å². The topological polar surface area (TPSA) is 64.6 Å². The quantitative estimate of drug-likeness (QED) is 0.939. The summed E-state index contributed by atoms with van der Waals surface area (Å²) < 4.78 is 10.8. The van der Waals surface area contributed by atoms with E-state index in [1.54, 1.807) is 24.3 Å². The number of rotatable bonds is 4. The third kappa shape index (κ3) is 3.10. The van der Waals surface area contributed by atoms with Crippen LogP contribution in [0.1, 0.15) is 22.0 Å². The van der Waals surface area contributed by atoms with Gasteiger partial charge in [0.2, 0.25) is 0 Å². The molecule has 1 heterocycles. The summed E-state index contributed by atoms with van der Waals surface area (Å²) in [7, 11) is 1.46. The molecule has 0 aliphatic carbocycles. The molecule has 2 atom stereocenters. The lowest BCUT2D eigenvalue weighted by atomic mass is 10.0. The molecular formula is C18H17NO4. The first kappa shape index (κ1) is 15.2. The Kier molecular flexibility index (Phi) is 4.39. The molecule has 0 spiro atoms. The number of ketones is 1. The molecule has 0 bridgehead atoms. The third-order valence-corrected chi connectivity index (χ3v) is 3.77. The van der Waals surface area contributed by atoms with Gasteiger partial charge in [-0.25, -0.2) is 0 Å². The van der Waals surface area contributed by atoms with Gasteiger partial charge in [0.15, 0.2) is 11.9 Å². The summed E-state index contributed by atoms with van der Waals surface area (Å²) in [5.41, 5.74) is 1.22. The van der Waals surface area contributed by atoms with Gasteiger partial charge in [0.1, 0.15) is 18.4 Å². The molecule has 0 aromatic heterocycles. The van der Waals surface area contributed by atoms with Crippen LogP contribution in [0.4, 0.5) is 0 Å². The summed E-state index contributed by atoms with van der Waals surface area (Å²) in [6.07, 6.45) is -0.763. The Labute approximate surface area is 134 Å². The predicted molar refractivity (Wildman–Crippen MR) is 84.4 cm³/mol. The lowest BCUT2D eigenvalue weighted by Crippen LogP contribution is -2.48. The smallest absolute Gasteiger partial charge is 0.254 e. The number of benzene rings is 2. The molecule has 118 valence electrons. The number of ether oxygens (including phenoxy) is 2. The molecule has 0 unspecified atom stereocenters. The monoisotopic (exact) mass is 311 g/mol. The number of para-hydroxylation sites is 1. The number of Topliss-reactive ketones (excluding diaryl/α,β-unsaturated/α-hetero) is 1. The zero-order valence-corrected chi connectivity index (χ0v) is 12.7. The number of hydrogen-bond donors (Lipinski definition) is 1. The molecule has 1 amide bonds. The van der Waals surface area contributed by atoms with Gasteiger partial charge >= 0.3 is 0 Å². The van der Waals surface area contributed by atoms with Gasteiger partial charge < -0.3 is 14.8 Å². The summed E-state index contributed by atoms with van der Waals surface area (Å²) >= 11 is 0. The summed E-state index contributed by atoms with van der Waals surface area (Å²) in [5.74, 6) is 0.0393. The van der Waals surface area contributed by atoms with E-state index in [9.17, 15) is 9.59 Å². The van der Waals surface area contributed by atoms with E-state index < -0.39 is 12.1 Å². The first-order chi connectivity index (χ1) is 11.2. The number of carbonyl (C=O) groups excluding carboxylic acids is 2. The third-order valence-electron chi connectivity index (χ3n) is 3.77. The second-order valence-corrected chi connectivity index (χ2v) is 5.26. The molecule has 1 N–H and O–H groups in total. The van der Waals surface area contributed by atoms with Crippen LogP contribution in [0.15, 0.2) is 54.6 Å². The van der Waals surface area contributed by atoms with Crippen LogP contribution in [-0.4, -0.2) is 31.4 Å². The molecule has 0 fully saturated rings. The van der Waals surface area contributed by atoms with Crippen molar-refractivity contribution >= 4 is 11.7 Å². The van der Waals surface area contributed by atoms with E-state index >= 15 is 0 Å². The number of fused-ring (bicyclic) bond motifs is 1. The van der Waals surface area contributed by atoms with Crippen molar-refractivity contribution in [1.29, 1.82) is 0 Å². The van der Waals surface area contributed by atoms with Gasteiger partial charge in [0.25, 0.3) is 5.91 Å².